The summed E-state index contributed by atoms with van der Waals surface area (Å²) in [5.74, 6) is -0.392. The van der Waals surface area contributed by atoms with Crippen LogP contribution < -0.4 is 9.62 Å². The van der Waals surface area contributed by atoms with Gasteiger partial charge < -0.3 is 10.1 Å². The zero-order valence-corrected chi connectivity index (χ0v) is 21.1. The van der Waals surface area contributed by atoms with Gasteiger partial charge in [-0.1, -0.05) is 54.4 Å². The van der Waals surface area contributed by atoms with Crippen LogP contribution in [0.1, 0.15) is 24.5 Å². The smallest absolute Gasteiger partial charge is 0.244 e. The maximum atomic E-state index is 13.0. The fraction of sp³-hybridized carbons (Fsp3) is 0.435. The summed E-state index contributed by atoms with van der Waals surface area (Å²) in [5, 5.41) is 3.45. The van der Waals surface area contributed by atoms with E-state index in [2.05, 4.69) is 10.2 Å². The van der Waals surface area contributed by atoms with Crippen molar-refractivity contribution in [3.63, 3.8) is 0 Å². The molecule has 1 fully saturated rings. The molecule has 1 amide bonds. The number of amides is 1. The van der Waals surface area contributed by atoms with E-state index in [0.29, 0.717) is 16.6 Å². The first-order chi connectivity index (χ1) is 15.7. The van der Waals surface area contributed by atoms with Crippen LogP contribution in [0.4, 0.5) is 5.69 Å². The van der Waals surface area contributed by atoms with E-state index in [0.717, 1.165) is 49.0 Å². The van der Waals surface area contributed by atoms with Crippen molar-refractivity contribution < 1.29 is 17.9 Å². The molecule has 1 N–H and O–H groups in total. The molecular weight excluding hydrogens is 485 g/mol. The molecule has 7 nitrogen and oxygen atoms in total. The zero-order chi connectivity index (χ0) is 24.0. The van der Waals surface area contributed by atoms with Gasteiger partial charge in [0.15, 0.2) is 0 Å². The Bertz CT molecular complexity index is 1040. The molecule has 2 aromatic rings. The molecule has 1 atom stereocenters. The predicted octanol–water partition coefficient (Wildman–Crippen LogP) is 3.69. The Morgan fingerprint density at radius 3 is 2.21 bits per heavy atom. The molecule has 1 saturated heterocycles. The van der Waals surface area contributed by atoms with Crippen molar-refractivity contribution in [3.05, 3.63) is 63.6 Å². The maximum absolute atomic E-state index is 13.0. The van der Waals surface area contributed by atoms with E-state index in [-0.39, 0.29) is 12.1 Å². The van der Waals surface area contributed by atoms with Gasteiger partial charge in [0.1, 0.15) is 6.04 Å². The average molecular weight is 514 g/mol. The Labute approximate surface area is 205 Å². The molecule has 1 aliphatic heterocycles. The monoisotopic (exact) mass is 513 g/mol. The molecule has 3 rings (SSSR count). The molecular formula is C23H29Cl2N3O4S. The summed E-state index contributed by atoms with van der Waals surface area (Å²) < 4.78 is 31.6. The highest BCUT2D eigenvalue weighted by Crippen LogP contribution is 2.29. The molecule has 0 saturated carbocycles. The largest absolute Gasteiger partial charge is 0.379 e. The highest BCUT2D eigenvalue weighted by Gasteiger charge is 2.31. The van der Waals surface area contributed by atoms with E-state index < -0.39 is 22.0 Å². The fourth-order valence-electron chi connectivity index (χ4n) is 3.81. The summed E-state index contributed by atoms with van der Waals surface area (Å²) >= 11 is 12.1. The molecule has 0 spiro atoms. The zero-order valence-electron chi connectivity index (χ0n) is 18.8. The number of nitrogens with zero attached hydrogens (tertiary/aromatic N) is 2. The third-order valence-electron chi connectivity index (χ3n) is 5.43. The van der Waals surface area contributed by atoms with Crippen LogP contribution in [0.2, 0.25) is 10.0 Å². The molecule has 0 unspecified atom stereocenters. The molecule has 0 bridgehead atoms. The second-order valence-corrected chi connectivity index (χ2v) is 10.8. The van der Waals surface area contributed by atoms with Crippen LogP contribution in [-0.4, -0.2) is 57.8 Å². The van der Waals surface area contributed by atoms with Crippen LogP contribution in [0.15, 0.2) is 42.5 Å². The van der Waals surface area contributed by atoms with Gasteiger partial charge in [-0.2, -0.15) is 0 Å². The number of hydrogen-bond donors (Lipinski definition) is 1. The summed E-state index contributed by atoms with van der Waals surface area (Å²) in [5.41, 5.74) is 2.38. The molecule has 1 aliphatic rings. The van der Waals surface area contributed by atoms with Gasteiger partial charge in [-0.15, -0.1) is 0 Å². The average Bonchev–Trinajstić information content (AvgIpc) is 2.75. The van der Waals surface area contributed by atoms with Gasteiger partial charge in [0, 0.05) is 36.2 Å². The lowest BCUT2D eigenvalue weighted by molar-refractivity contribution is -0.122. The van der Waals surface area contributed by atoms with Crippen molar-refractivity contribution >= 4 is 44.8 Å². The van der Waals surface area contributed by atoms with Crippen molar-refractivity contribution in [2.75, 3.05) is 36.9 Å². The third kappa shape index (κ3) is 7.32. The molecule has 180 valence electrons. The molecule has 1 heterocycles. The minimum absolute atomic E-state index is 0.254. The van der Waals surface area contributed by atoms with Crippen LogP contribution in [0.5, 0.6) is 0 Å². The molecule has 0 radical (unpaired) electrons. The van der Waals surface area contributed by atoms with Crippen LogP contribution in [0.25, 0.3) is 0 Å². The number of sulfonamides is 1. The number of morpholine rings is 1. The topological polar surface area (TPSA) is 79.0 Å². The normalized spacial score (nSPS) is 15.8. The first-order valence-corrected chi connectivity index (χ1v) is 13.4. The fourth-order valence-corrected chi connectivity index (χ4v) is 5.52. The number of rotatable bonds is 9. The molecule has 2 aromatic carbocycles. The molecule has 0 aliphatic carbocycles. The van der Waals surface area contributed by atoms with Crippen LogP contribution in [0, 0.1) is 0 Å². The highest BCUT2D eigenvalue weighted by atomic mass is 35.5. The van der Waals surface area contributed by atoms with E-state index in [4.69, 9.17) is 27.9 Å². The lowest BCUT2D eigenvalue weighted by atomic mass is 10.1. The minimum Gasteiger partial charge on any atom is -0.379 e. The Hall–Kier alpha value is -1.84. The summed E-state index contributed by atoms with van der Waals surface area (Å²) in [4.78, 5) is 15.3. The van der Waals surface area contributed by atoms with Crippen molar-refractivity contribution in [1.29, 1.82) is 0 Å². The SMILES string of the molecule is CC[C@H](C(=O)NCc1ccc(CN2CCOCC2)cc1)N(c1cc(Cl)cc(Cl)c1)S(C)(=O)=O. The van der Waals surface area contributed by atoms with E-state index in [1.165, 1.54) is 23.8 Å². The number of halogens is 2. The lowest BCUT2D eigenvalue weighted by Gasteiger charge is -2.30. The molecule has 0 aromatic heterocycles. The first kappa shape index (κ1) is 25.8. The van der Waals surface area contributed by atoms with Crippen LogP contribution in [-0.2, 0) is 32.6 Å². The van der Waals surface area contributed by atoms with E-state index in [1.807, 2.05) is 24.3 Å². The summed E-state index contributed by atoms with van der Waals surface area (Å²) in [6.07, 6.45) is 1.34. The second-order valence-electron chi connectivity index (χ2n) is 8.03. The number of hydrogen-bond acceptors (Lipinski definition) is 5. The van der Waals surface area contributed by atoms with E-state index >= 15 is 0 Å². The summed E-state index contributed by atoms with van der Waals surface area (Å²) in [6, 6.07) is 11.6. The summed E-state index contributed by atoms with van der Waals surface area (Å²) in [7, 11) is -3.77. The lowest BCUT2D eigenvalue weighted by Crippen LogP contribution is -2.49. The third-order valence-corrected chi connectivity index (χ3v) is 7.05. The van der Waals surface area contributed by atoms with Gasteiger partial charge in [-0.3, -0.25) is 14.0 Å². The maximum Gasteiger partial charge on any atom is 0.244 e. The molecule has 33 heavy (non-hydrogen) atoms. The van der Waals surface area contributed by atoms with Gasteiger partial charge >= 0.3 is 0 Å². The van der Waals surface area contributed by atoms with Gasteiger partial charge in [0.2, 0.25) is 15.9 Å². The van der Waals surface area contributed by atoms with Gasteiger partial charge in [0.05, 0.1) is 25.2 Å². The van der Waals surface area contributed by atoms with Crippen LogP contribution >= 0.6 is 23.2 Å². The molecule has 10 heteroatoms. The predicted molar refractivity (Wildman–Crippen MR) is 132 cm³/mol. The van der Waals surface area contributed by atoms with Gasteiger partial charge in [0.25, 0.3) is 0 Å². The van der Waals surface area contributed by atoms with E-state index in [9.17, 15) is 13.2 Å². The van der Waals surface area contributed by atoms with Gasteiger partial charge in [-0.25, -0.2) is 8.42 Å². The van der Waals surface area contributed by atoms with Crippen LogP contribution in [0.3, 0.4) is 0 Å². The number of carbonyl (C=O) groups is 1. The minimum atomic E-state index is -3.77. The quantitative estimate of drug-likeness (QED) is 0.553. The van der Waals surface area contributed by atoms with Crippen molar-refractivity contribution in [2.24, 2.45) is 0 Å². The second kappa shape index (κ2) is 11.5. The first-order valence-electron chi connectivity index (χ1n) is 10.8. The number of ether oxygens (including phenoxy) is 1. The van der Waals surface area contributed by atoms with Crippen molar-refractivity contribution in [3.8, 4) is 0 Å². The number of nitrogens with one attached hydrogen (secondary N) is 1. The van der Waals surface area contributed by atoms with Crippen molar-refractivity contribution in [2.45, 2.75) is 32.5 Å². The number of carbonyl (C=O) groups excluding carboxylic acids is 1. The Morgan fingerprint density at radius 2 is 1.67 bits per heavy atom. The van der Waals surface area contributed by atoms with Crippen molar-refractivity contribution in [1.82, 2.24) is 10.2 Å². The number of benzene rings is 2. The Balaban J connectivity index is 1.67. The Morgan fingerprint density at radius 1 is 1.09 bits per heavy atom. The Kier molecular flexibility index (Phi) is 9.01. The summed E-state index contributed by atoms with van der Waals surface area (Å²) in [6.45, 7) is 6.27. The van der Waals surface area contributed by atoms with Gasteiger partial charge in [-0.05, 0) is 35.7 Å². The number of anilines is 1. The van der Waals surface area contributed by atoms with E-state index in [1.54, 1.807) is 6.92 Å². The standard InChI is InChI=1S/C23H29Cl2N3O4S/c1-3-22(28(33(2,30)31)21-13-19(24)12-20(25)14-21)23(29)26-15-17-4-6-18(7-5-17)16-27-8-10-32-11-9-27/h4-7,12-14,22H,3,8-11,15-16H2,1-2H3,(H,26,29)/t22-/m1/s1. The highest BCUT2D eigenvalue weighted by molar-refractivity contribution is 7.92.